The Balaban J connectivity index is 1.93. The van der Waals surface area contributed by atoms with Gasteiger partial charge in [-0.1, -0.05) is 26.8 Å². The molecule has 220 valence electrons. The quantitative estimate of drug-likeness (QED) is 0.356. The summed E-state index contributed by atoms with van der Waals surface area (Å²) in [6, 6.07) is 7.85. The van der Waals surface area contributed by atoms with Crippen molar-refractivity contribution in [1.82, 2.24) is 4.72 Å². The Kier molecular flexibility index (Phi) is 8.74. The number of benzene rings is 2. The lowest BCUT2D eigenvalue weighted by molar-refractivity contribution is -0.145. The third-order valence-corrected chi connectivity index (χ3v) is 8.24. The van der Waals surface area contributed by atoms with Crippen LogP contribution in [0.2, 0.25) is 0 Å². The average molecular weight is 611 g/mol. The third kappa shape index (κ3) is 7.62. The van der Waals surface area contributed by atoms with Crippen LogP contribution in [0.25, 0.3) is 0 Å². The zero-order valence-electron chi connectivity index (χ0n) is 21.5. The first-order valence-corrected chi connectivity index (χ1v) is 14.6. The van der Waals surface area contributed by atoms with Crippen molar-refractivity contribution in [3.05, 3.63) is 53.8 Å². The molecule has 16 heteroatoms. The molecule has 3 rings (SSSR count). The number of nitrogens with zero attached hydrogens (tertiary/aromatic N) is 1. The number of ether oxygens (including phenoxy) is 2. The van der Waals surface area contributed by atoms with E-state index in [0.29, 0.717) is 5.56 Å². The topological polar surface area (TPSA) is 136 Å². The number of sulfonamides is 2. The summed E-state index contributed by atoms with van der Waals surface area (Å²) in [5.41, 5.74) is -5.76. The Morgan fingerprint density at radius 3 is 2.25 bits per heavy atom. The number of rotatable bonds is 8. The minimum absolute atomic E-state index is 0.0648. The van der Waals surface area contributed by atoms with Crippen LogP contribution in [-0.4, -0.2) is 53.5 Å². The molecular formula is C24H26F4N2O8S2. The molecule has 40 heavy (non-hydrogen) atoms. The largest absolute Gasteiger partial charge is 0.516 e. The molecule has 0 bridgehead atoms. The molecule has 0 fully saturated rings. The van der Waals surface area contributed by atoms with Crippen LogP contribution in [0.15, 0.2) is 47.4 Å². The lowest BCUT2D eigenvalue weighted by Gasteiger charge is -2.35. The van der Waals surface area contributed by atoms with E-state index >= 15 is 0 Å². The normalized spacial score (nSPS) is 16.1. The summed E-state index contributed by atoms with van der Waals surface area (Å²) in [6.45, 7) is 5.11. The van der Waals surface area contributed by atoms with Crippen molar-refractivity contribution >= 4 is 37.6 Å². The molecule has 1 aliphatic rings. The van der Waals surface area contributed by atoms with Crippen molar-refractivity contribution in [2.24, 2.45) is 5.41 Å². The van der Waals surface area contributed by atoms with Gasteiger partial charge in [0.1, 0.15) is 17.7 Å². The van der Waals surface area contributed by atoms with Crippen LogP contribution in [0.5, 0.6) is 5.75 Å². The van der Waals surface area contributed by atoms with Gasteiger partial charge in [-0.15, -0.1) is 0 Å². The lowest BCUT2D eigenvalue weighted by atomic mass is 9.99. The summed E-state index contributed by atoms with van der Waals surface area (Å²) in [4.78, 5) is 24.1. The monoisotopic (exact) mass is 610 g/mol. The number of nitrogens with one attached hydrogen (secondary N) is 1. The first-order valence-electron chi connectivity index (χ1n) is 11.6. The SMILES string of the molecule is CC(C)(C)COC(=O)Cc1ccc2c(c1)N(S(=O)(=O)c1ccc(F)cc1)C[C@H](CC(=O)NS(=O)(=O)C(F)(F)F)O2. The molecule has 0 spiro atoms. The molecule has 1 amide bonds. The van der Waals surface area contributed by atoms with E-state index in [0.717, 1.165) is 33.3 Å². The van der Waals surface area contributed by atoms with Crippen molar-refractivity contribution in [3.63, 3.8) is 0 Å². The van der Waals surface area contributed by atoms with Crippen molar-refractivity contribution in [1.29, 1.82) is 0 Å². The number of carbonyl (C=O) groups is 2. The van der Waals surface area contributed by atoms with Crippen molar-refractivity contribution in [3.8, 4) is 5.75 Å². The van der Waals surface area contributed by atoms with Crippen molar-refractivity contribution in [2.75, 3.05) is 17.5 Å². The number of halogens is 4. The molecule has 2 aromatic carbocycles. The lowest BCUT2D eigenvalue weighted by Crippen LogP contribution is -2.47. The Labute approximate surface area is 228 Å². The van der Waals surface area contributed by atoms with Gasteiger partial charge in [-0.3, -0.25) is 13.9 Å². The molecule has 0 aliphatic carbocycles. The molecule has 1 atom stereocenters. The summed E-state index contributed by atoms with van der Waals surface area (Å²) in [7, 11) is -10.4. The van der Waals surface area contributed by atoms with Gasteiger partial charge in [-0.05, 0) is 47.4 Å². The van der Waals surface area contributed by atoms with Crippen LogP contribution < -0.4 is 13.8 Å². The second-order valence-corrected chi connectivity index (χ2v) is 13.6. The highest BCUT2D eigenvalue weighted by Crippen LogP contribution is 2.38. The Hall–Kier alpha value is -3.40. The Morgan fingerprint density at radius 1 is 1.05 bits per heavy atom. The van der Waals surface area contributed by atoms with Gasteiger partial charge in [-0.25, -0.2) is 17.5 Å². The second-order valence-electron chi connectivity index (χ2n) is 10.1. The smallest absolute Gasteiger partial charge is 0.486 e. The highest BCUT2D eigenvalue weighted by Gasteiger charge is 2.47. The first kappa shape index (κ1) is 31.1. The van der Waals surface area contributed by atoms with Gasteiger partial charge in [-0.2, -0.15) is 21.6 Å². The van der Waals surface area contributed by atoms with Crippen LogP contribution in [0, 0.1) is 11.2 Å². The van der Waals surface area contributed by atoms with Crippen LogP contribution in [0.4, 0.5) is 23.2 Å². The molecule has 0 saturated heterocycles. The van der Waals surface area contributed by atoms with Crippen molar-refractivity contribution < 1.29 is 53.5 Å². The Bertz CT molecular complexity index is 1490. The number of alkyl halides is 3. The predicted octanol–water partition coefficient (Wildman–Crippen LogP) is 3.27. The number of amides is 1. The highest BCUT2D eigenvalue weighted by molar-refractivity contribution is 7.92. The molecule has 1 heterocycles. The fourth-order valence-corrected chi connectivity index (χ4v) is 5.50. The summed E-state index contributed by atoms with van der Waals surface area (Å²) in [5, 5.41) is 0. The zero-order chi connectivity index (χ0) is 30.1. The molecule has 1 N–H and O–H groups in total. The molecule has 0 aromatic heterocycles. The standard InChI is InChI=1S/C24H26F4N2O8S2/c1-23(2,3)14-37-22(32)11-15-4-9-20-19(10-15)30(39(33,34)18-7-5-16(25)6-8-18)13-17(38-20)12-21(31)29-40(35,36)24(26,27)28/h4-10,17H,11-14H2,1-3H3,(H,29,31)/t17-/m0/s1. The molecular weight excluding hydrogens is 584 g/mol. The maximum atomic E-state index is 13.5. The fraction of sp³-hybridized carbons (Fsp3) is 0.417. The van der Waals surface area contributed by atoms with E-state index in [4.69, 9.17) is 9.47 Å². The fourth-order valence-electron chi connectivity index (χ4n) is 3.51. The molecule has 1 aliphatic heterocycles. The summed E-state index contributed by atoms with van der Waals surface area (Å²) in [6.07, 6.45) is -2.59. The first-order chi connectivity index (χ1) is 18.3. The van der Waals surface area contributed by atoms with Gasteiger partial charge in [0.2, 0.25) is 5.91 Å². The molecule has 0 unspecified atom stereocenters. The maximum absolute atomic E-state index is 13.5. The van der Waals surface area contributed by atoms with Gasteiger partial charge in [0.25, 0.3) is 10.0 Å². The van der Waals surface area contributed by atoms with E-state index in [1.54, 1.807) is 0 Å². The van der Waals surface area contributed by atoms with E-state index < -0.39 is 62.3 Å². The van der Waals surface area contributed by atoms with Gasteiger partial charge >= 0.3 is 21.5 Å². The maximum Gasteiger partial charge on any atom is 0.516 e. The third-order valence-electron chi connectivity index (χ3n) is 5.34. The zero-order valence-corrected chi connectivity index (χ0v) is 23.1. The van der Waals surface area contributed by atoms with E-state index in [-0.39, 0.29) is 34.8 Å². The van der Waals surface area contributed by atoms with Crippen LogP contribution >= 0.6 is 0 Å². The van der Waals surface area contributed by atoms with E-state index in [9.17, 15) is 44.0 Å². The van der Waals surface area contributed by atoms with E-state index in [1.165, 1.54) is 18.2 Å². The molecule has 0 saturated carbocycles. The number of carbonyl (C=O) groups excluding carboxylic acids is 2. The number of fused-ring (bicyclic) bond motifs is 1. The molecule has 0 radical (unpaired) electrons. The number of hydrogen-bond acceptors (Lipinski definition) is 8. The average Bonchev–Trinajstić information content (AvgIpc) is 2.81. The van der Waals surface area contributed by atoms with Gasteiger partial charge in [0, 0.05) is 0 Å². The van der Waals surface area contributed by atoms with E-state index in [2.05, 4.69) is 0 Å². The van der Waals surface area contributed by atoms with Gasteiger partial charge in [0.15, 0.2) is 0 Å². The summed E-state index contributed by atoms with van der Waals surface area (Å²) in [5.74, 6) is -2.99. The number of hydrogen-bond donors (Lipinski definition) is 1. The predicted molar refractivity (Wildman–Crippen MR) is 134 cm³/mol. The van der Waals surface area contributed by atoms with Crippen LogP contribution in [0.1, 0.15) is 32.8 Å². The van der Waals surface area contributed by atoms with Crippen LogP contribution in [0.3, 0.4) is 0 Å². The second kappa shape index (κ2) is 11.2. The highest BCUT2D eigenvalue weighted by atomic mass is 32.2. The molecule has 2 aromatic rings. The van der Waals surface area contributed by atoms with E-state index in [1.807, 2.05) is 20.8 Å². The number of anilines is 1. The summed E-state index contributed by atoms with van der Waals surface area (Å²) < 4.78 is 114. The van der Waals surface area contributed by atoms with Crippen molar-refractivity contribution in [2.45, 2.75) is 50.1 Å². The van der Waals surface area contributed by atoms with Crippen LogP contribution in [-0.2, 0) is 40.8 Å². The molecule has 10 nitrogen and oxygen atoms in total. The minimum atomic E-state index is -5.99. The number of esters is 1. The van der Waals surface area contributed by atoms with Gasteiger partial charge < -0.3 is 9.47 Å². The minimum Gasteiger partial charge on any atom is -0.486 e. The Morgan fingerprint density at radius 2 is 1.68 bits per heavy atom. The van der Waals surface area contributed by atoms with Gasteiger partial charge in [0.05, 0.1) is 36.6 Å². The summed E-state index contributed by atoms with van der Waals surface area (Å²) >= 11 is 0.